The molecule has 8 nitrogen and oxygen atoms in total. The first-order valence-electron chi connectivity index (χ1n) is 9.31. The quantitative estimate of drug-likeness (QED) is 0.767. The van der Waals surface area contributed by atoms with Crippen LogP contribution in [0.5, 0.6) is 0 Å². The summed E-state index contributed by atoms with van der Waals surface area (Å²) in [5.41, 5.74) is 0.585. The fourth-order valence-electron chi connectivity index (χ4n) is 2.99. The molecule has 2 heterocycles. The van der Waals surface area contributed by atoms with E-state index in [1.807, 2.05) is 25.7 Å². The number of carbonyl (C=O) groups excluding carboxylic acids is 1. The average Bonchev–Trinajstić information content (AvgIpc) is 3.11. The van der Waals surface area contributed by atoms with E-state index in [1.165, 1.54) is 10.4 Å². The molecule has 1 aliphatic rings. The highest BCUT2D eigenvalue weighted by Crippen LogP contribution is 2.25. The maximum atomic E-state index is 12.8. The third-order valence-electron chi connectivity index (χ3n) is 4.69. The largest absolute Gasteiger partial charge is 0.338 e. The van der Waals surface area contributed by atoms with Crippen molar-refractivity contribution >= 4 is 33.4 Å². The Morgan fingerprint density at radius 1 is 1.21 bits per heavy atom. The average molecular weight is 441 g/mol. The van der Waals surface area contributed by atoms with Gasteiger partial charge in [-0.25, -0.2) is 8.42 Å². The van der Waals surface area contributed by atoms with Crippen LogP contribution in [0.3, 0.4) is 0 Å². The number of rotatable bonds is 5. The molecule has 158 valence electrons. The molecule has 0 bridgehead atoms. The molecule has 0 unspecified atom stereocenters. The summed E-state index contributed by atoms with van der Waals surface area (Å²) in [6, 6.07) is 8.11. The number of sulfonamides is 1. The van der Waals surface area contributed by atoms with E-state index in [2.05, 4.69) is 10.5 Å². The Balaban J connectivity index is 1.54. The first-order chi connectivity index (χ1) is 13.6. The summed E-state index contributed by atoms with van der Waals surface area (Å²) in [5, 5.41) is 6.87. The molecule has 1 aromatic carbocycles. The van der Waals surface area contributed by atoms with Crippen molar-refractivity contribution in [2.24, 2.45) is 0 Å². The van der Waals surface area contributed by atoms with Gasteiger partial charge < -0.3 is 4.52 Å². The van der Waals surface area contributed by atoms with Gasteiger partial charge in [0.2, 0.25) is 21.8 Å². The summed E-state index contributed by atoms with van der Waals surface area (Å²) in [6.07, 6.45) is 0. The van der Waals surface area contributed by atoms with Crippen molar-refractivity contribution < 1.29 is 17.7 Å². The molecule has 0 saturated carbocycles. The summed E-state index contributed by atoms with van der Waals surface area (Å²) in [7, 11) is -3.65. The van der Waals surface area contributed by atoms with Gasteiger partial charge in [0.1, 0.15) is 4.90 Å². The second kappa shape index (κ2) is 8.43. The van der Waals surface area contributed by atoms with Crippen LogP contribution in [0.4, 0.5) is 5.88 Å². The van der Waals surface area contributed by atoms with Gasteiger partial charge in [0, 0.05) is 37.7 Å². The van der Waals surface area contributed by atoms with E-state index in [0.29, 0.717) is 19.0 Å². The lowest BCUT2D eigenvalue weighted by Gasteiger charge is -2.33. The standard InChI is InChI=1S/C19H25ClN4O4S/c1-19(2,3)16-12-18(28-22-16)21-17(25)13-23-8-10-24(11-9-23)29(26,27)15-7-5-4-6-14(15)20/h4-7,12H,8-11,13H2,1-3H3,(H,21,25). The second-order valence-electron chi connectivity index (χ2n) is 7.99. The molecule has 0 spiro atoms. The van der Waals surface area contributed by atoms with Crippen molar-refractivity contribution in [3.8, 4) is 0 Å². The Morgan fingerprint density at radius 3 is 2.45 bits per heavy atom. The van der Waals surface area contributed by atoms with Crippen LogP contribution in [0.25, 0.3) is 0 Å². The minimum atomic E-state index is -3.65. The highest BCUT2D eigenvalue weighted by Gasteiger charge is 2.30. The first-order valence-corrected chi connectivity index (χ1v) is 11.1. The lowest BCUT2D eigenvalue weighted by molar-refractivity contribution is -0.117. The van der Waals surface area contributed by atoms with Crippen molar-refractivity contribution in [2.45, 2.75) is 31.1 Å². The number of nitrogens with zero attached hydrogens (tertiary/aromatic N) is 3. The number of hydrogen-bond acceptors (Lipinski definition) is 6. The Labute approximate surface area is 175 Å². The Morgan fingerprint density at radius 2 is 1.86 bits per heavy atom. The smallest absolute Gasteiger partial charge is 0.244 e. The molecule has 2 aromatic rings. The van der Waals surface area contributed by atoms with Gasteiger partial charge in [-0.05, 0) is 12.1 Å². The highest BCUT2D eigenvalue weighted by atomic mass is 35.5. The summed E-state index contributed by atoms with van der Waals surface area (Å²) in [6.45, 7) is 7.63. The zero-order chi connectivity index (χ0) is 21.2. The van der Waals surface area contributed by atoms with Gasteiger partial charge >= 0.3 is 0 Å². The van der Waals surface area contributed by atoms with Gasteiger partial charge in [-0.2, -0.15) is 4.31 Å². The van der Waals surface area contributed by atoms with Crippen LogP contribution in [0, 0.1) is 0 Å². The molecule has 0 atom stereocenters. The minimum absolute atomic E-state index is 0.104. The van der Waals surface area contributed by atoms with Crippen LogP contribution in [0.15, 0.2) is 39.8 Å². The molecule has 10 heteroatoms. The zero-order valence-corrected chi connectivity index (χ0v) is 18.3. The molecule has 1 aliphatic heterocycles. The molecule has 0 aliphatic carbocycles. The monoisotopic (exact) mass is 440 g/mol. The third kappa shape index (κ3) is 5.16. The fraction of sp³-hybridized carbons (Fsp3) is 0.474. The maximum absolute atomic E-state index is 12.8. The Bertz CT molecular complexity index is 976. The van der Waals surface area contributed by atoms with E-state index in [9.17, 15) is 13.2 Å². The number of piperazine rings is 1. The van der Waals surface area contributed by atoms with E-state index in [4.69, 9.17) is 16.1 Å². The lowest BCUT2D eigenvalue weighted by atomic mass is 9.92. The second-order valence-corrected chi connectivity index (χ2v) is 10.3. The molecular weight excluding hydrogens is 416 g/mol. The number of halogens is 1. The molecule has 1 fully saturated rings. The number of hydrogen-bond donors (Lipinski definition) is 1. The van der Waals surface area contributed by atoms with Gasteiger partial charge in [0.05, 0.1) is 17.3 Å². The predicted molar refractivity (Wildman–Crippen MR) is 110 cm³/mol. The van der Waals surface area contributed by atoms with Crippen LogP contribution in [0.2, 0.25) is 5.02 Å². The van der Waals surface area contributed by atoms with Crippen molar-refractivity contribution in [2.75, 3.05) is 38.0 Å². The molecule has 1 N–H and O–H groups in total. The normalized spacial score (nSPS) is 16.7. The molecule has 1 aromatic heterocycles. The van der Waals surface area contributed by atoms with Gasteiger partial charge in [0.25, 0.3) is 0 Å². The van der Waals surface area contributed by atoms with Crippen LogP contribution < -0.4 is 5.32 Å². The van der Waals surface area contributed by atoms with Crippen molar-refractivity contribution in [3.05, 3.63) is 41.0 Å². The SMILES string of the molecule is CC(C)(C)c1cc(NC(=O)CN2CCN(S(=O)(=O)c3ccccc3Cl)CC2)on1. The van der Waals surface area contributed by atoms with Crippen molar-refractivity contribution in [3.63, 3.8) is 0 Å². The number of carbonyl (C=O) groups is 1. The van der Waals surface area contributed by atoms with Gasteiger partial charge in [0.15, 0.2) is 0 Å². The molecule has 1 saturated heterocycles. The number of amides is 1. The number of aromatic nitrogens is 1. The first kappa shape index (κ1) is 21.8. The topological polar surface area (TPSA) is 95.8 Å². The molecule has 3 rings (SSSR count). The van der Waals surface area contributed by atoms with Crippen molar-refractivity contribution in [1.29, 1.82) is 0 Å². The Hall–Kier alpha value is -1.94. The lowest BCUT2D eigenvalue weighted by Crippen LogP contribution is -2.50. The third-order valence-corrected chi connectivity index (χ3v) is 7.09. The van der Waals surface area contributed by atoms with Crippen LogP contribution in [-0.2, 0) is 20.2 Å². The fourth-order valence-corrected chi connectivity index (χ4v) is 4.90. The molecule has 0 radical (unpaired) electrons. The summed E-state index contributed by atoms with van der Waals surface area (Å²) in [5.74, 6) is 0.0730. The van der Waals surface area contributed by atoms with Crippen LogP contribution in [0.1, 0.15) is 26.5 Å². The maximum Gasteiger partial charge on any atom is 0.244 e. The van der Waals surface area contributed by atoms with Gasteiger partial charge in [-0.1, -0.05) is 49.7 Å². The van der Waals surface area contributed by atoms with Crippen molar-refractivity contribution in [1.82, 2.24) is 14.4 Å². The Kier molecular flexibility index (Phi) is 6.33. The number of benzene rings is 1. The van der Waals surface area contributed by atoms with E-state index >= 15 is 0 Å². The van der Waals surface area contributed by atoms with Gasteiger partial charge in [-0.15, -0.1) is 0 Å². The number of anilines is 1. The highest BCUT2D eigenvalue weighted by molar-refractivity contribution is 7.89. The molecule has 29 heavy (non-hydrogen) atoms. The van der Waals surface area contributed by atoms with Crippen LogP contribution >= 0.6 is 11.6 Å². The van der Waals surface area contributed by atoms with E-state index in [0.717, 1.165) is 5.69 Å². The van der Waals surface area contributed by atoms with E-state index in [1.54, 1.807) is 24.3 Å². The molecular formula is C19H25ClN4O4S. The summed E-state index contributed by atoms with van der Waals surface area (Å²) in [4.78, 5) is 14.3. The van der Waals surface area contributed by atoms with Crippen LogP contribution in [-0.4, -0.2) is 61.4 Å². The van der Waals surface area contributed by atoms with Gasteiger partial charge in [-0.3, -0.25) is 15.0 Å². The zero-order valence-electron chi connectivity index (χ0n) is 16.7. The van der Waals surface area contributed by atoms with E-state index in [-0.39, 0.29) is 40.9 Å². The molecule has 1 amide bonds. The summed E-state index contributed by atoms with van der Waals surface area (Å²) >= 11 is 6.05. The number of nitrogens with one attached hydrogen (secondary N) is 1. The van der Waals surface area contributed by atoms with E-state index < -0.39 is 10.0 Å². The minimum Gasteiger partial charge on any atom is -0.338 e. The summed E-state index contributed by atoms with van der Waals surface area (Å²) < 4.78 is 32.1. The predicted octanol–water partition coefficient (Wildman–Crippen LogP) is 2.57.